The average molecular weight is 244 g/mol. The summed E-state index contributed by atoms with van der Waals surface area (Å²) in [5.74, 6) is 1.51. The molecule has 0 aromatic rings. The van der Waals surface area contributed by atoms with Crippen molar-refractivity contribution in [2.75, 3.05) is 18.3 Å². The molecular formula is C6H13IS. The minimum atomic E-state index is -0.138. The Hall–Kier alpha value is 1.08. The largest absolute Gasteiger partial charge is 0.235 e. The van der Waals surface area contributed by atoms with Crippen LogP contribution in [-0.2, 0) is 0 Å². The highest BCUT2D eigenvalue weighted by atomic mass is 127. The van der Waals surface area contributed by atoms with Gasteiger partial charge < -0.3 is 0 Å². The molecule has 0 bridgehead atoms. The van der Waals surface area contributed by atoms with Gasteiger partial charge in [0.2, 0.25) is 0 Å². The number of hydrogen-bond donors (Lipinski definition) is 0. The van der Waals surface area contributed by atoms with Crippen molar-refractivity contribution >= 4 is 32.6 Å². The molecule has 0 aromatic heterocycles. The molecular weight excluding hydrogens is 231 g/mol. The molecule has 1 rings (SSSR count). The molecule has 1 heterocycles. The van der Waals surface area contributed by atoms with Crippen LogP contribution in [0.2, 0.25) is 0 Å². The number of halogens is 1. The van der Waals surface area contributed by atoms with E-state index in [1.54, 1.807) is 0 Å². The van der Waals surface area contributed by atoms with Gasteiger partial charge >= 0.3 is 0 Å². The molecule has 8 heavy (non-hydrogen) atoms. The van der Waals surface area contributed by atoms with Crippen molar-refractivity contribution in [2.24, 2.45) is 0 Å². The second kappa shape index (κ2) is 2.37. The fourth-order valence-corrected chi connectivity index (χ4v) is 4.24. The quantitative estimate of drug-likeness (QED) is 0.454. The molecule has 1 aliphatic heterocycles. The molecule has 1 saturated heterocycles. The van der Waals surface area contributed by atoms with Crippen LogP contribution >= 0.6 is 32.6 Å². The van der Waals surface area contributed by atoms with Gasteiger partial charge in [0.15, 0.2) is 0 Å². The first kappa shape index (κ1) is 7.19. The van der Waals surface area contributed by atoms with Gasteiger partial charge in [-0.15, -0.1) is 0 Å². The van der Waals surface area contributed by atoms with E-state index >= 15 is 0 Å². The van der Waals surface area contributed by atoms with E-state index in [4.69, 9.17) is 0 Å². The first-order chi connectivity index (χ1) is 3.63. The molecule has 50 valence electrons. The van der Waals surface area contributed by atoms with Crippen LogP contribution in [-0.4, -0.2) is 21.5 Å². The highest BCUT2D eigenvalue weighted by Gasteiger charge is 2.26. The van der Waals surface area contributed by atoms with Crippen LogP contribution in [0.1, 0.15) is 12.8 Å². The molecule has 1 fully saturated rings. The molecule has 0 amide bonds. The predicted molar refractivity (Wildman–Crippen MR) is 51.3 cm³/mol. The van der Waals surface area contributed by atoms with Crippen LogP contribution in [0.3, 0.4) is 0 Å². The second-order valence-electron chi connectivity index (χ2n) is 2.88. The lowest BCUT2D eigenvalue weighted by Crippen LogP contribution is -2.01. The lowest BCUT2D eigenvalue weighted by Gasteiger charge is -2.28. The SMILES string of the molecule is CS1(C)CCCC1I. The molecule has 0 radical (unpaired) electrons. The molecule has 1 atom stereocenters. The van der Waals surface area contributed by atoms with Gasteiger partial charge in [-0.1, -0.05) is 22.6 Å². The van der Waals surface area contributed by atoms with Crippen molar-refractivity contribution in [2.45, 2.75) is 16.1 Å². The molecule has 0 aliphatic carbocycles. The molecule has 0 spiro atoms. The zero-order valence-electron chi connectivity index (χ0n) is 5.48. The molecule has 0 N–H and O–H groups in total. The van der Waals surface area contributed by atoms with Gasteiger partial charge in [-0.25, -0.2) is 10.0 Å². The van der Waals surface area contributed by atoms with Gasteiger partial charge in [0.25, 0.3) is 0 Å². The van der Waals surface area contributed by atoms with E-state index in [1.807, 2.05) is 0 Å². The number of rotatable bonds is 0. The summed E-state index contributed by atoms with van der Waals surface area (Å²) in [7, 11) is -0.138. The van der Waals surface area contributed by atoms with Crippen molar-refractivity contribution in [3.8, 4) is 0 Å². The van der Waals surface area contributed by atoms with Gasteiger partial charge in [0.1, 0.15) is 0 Å². The lowest BCUT2D eigenvalue weighted by molar-refractivity contribution is 0.937. The van der Waals surface area contributed by atoms with E-state index in [0.717, 1.165) is 3.26 Å². The van der Waals surface area contributed by atoms with Crippen molar-refractivity contribution in [1.82, 2.24) is 0 Å². The van der Waals surface area contributed by atoms with E-state index in [-0.39, 0.29) is 10.0 Å². The lowest BCUT2D eigenvalue weighted by atomic mass is 10.4. The van der Waals surface area contributed by atoms with E-state index in [1.165, 1.54) is 18.6 Å². The van der Waals surface area contributed by atoms with Crippen LogP contribution in [0.25, 0.3) is 0 Å². The second-order valence-corrected chi connectivity index (χ2v) is 9.45. The maximum Gasteiger partial charge on any atom is 0.0406 e. The topological polar surface area (TPSA) is 0 Å². The van der Waals surface area contributed by atoms with Crippen LogP contribution in [0.15, 0.2) is 0 Å². The summed E-state index contributed by atoms with van der Waals surface area (Å²) in [6.07, 6.45) is 7.87. The summed E-state index contributed by atoms with van der Waals surface area (Å²) in [5, 5.41) is 0. The smallest absolute Gasteiger partial charge is 0.0406 e. The van der Waals surface area contributed by atoms with Crippen LogP contribution in [0.4, 0.5) is 0 Å². The predicted octanol–water partition coefficient (Wildman–Crippen LogP) is 2.61. The first-order valence-corrected chi connectivity index (χ1v) is 6.89. The summed E-state index contributed by atoms with van der Waals surface area (Å²) in [4.78, 5) is 0. The summed E-state index contributed by atoms with van der Waals surface area (Å²) in [6, 6.07) is 0. The highest BCUT2D eigenvalue weighted by molar-refractivity contribution is 14.1. The Balaban J connectivity index is 2.54. The maximum absolute atomic E-state index is 2.61. The van der Waals surface area contributed by atoms with Gasteiger partial charge in [-0.2, -0.15) is 0 Å². The minimum absolute atomic E-state index is 0.138. The summed E-state index contributed by atoms with van der Waals surface area (Å²) in [5.41, 5.74) is 0. The summed E-state index contributed by atoms with van der Waals surface area (Å²) >= 11 is 2.61. The Morgan fingerprint density at radius 2 is 2.12 bits per heavy atom. The molecule has 0 aromatic carbocycles. The van der Waals surface area contributed by atoms with E-state index in [2.05, 4.69) is 35.1 Å². The van der Waals surface area contributed by atoms with Crippen LogP contribution in [0, 0.1) is 0 Å². The van der Waals surface area contributed by atoms with Gasteiger partial charge in [0, 0.05) is 3.26 Å². The molecule has 2 heteroatoms. The average Bonchev–Trinajstić information content (AvgIpc) is 1.86. The Kier molecular flexibility index (Phi) is 2.13. The van der Waals surface area contributed by atoms with Crippen LogP contribution < -0.4 is 0 Å². The third kappa shape index (κ3) is 1.32. The Morgan fingerprint density at radius 3 is 2.25 bits per heavy atom. The molecule has 0 saturated carbocycles. The Morgan fingerprint density at radius 1 is 1.50 bits per heavy atom. The fraction of sp³-hybridized carbons (Fsp3) is 1.00. The summed E-state index contributed by atoms with van der Waals surface area (Å²) in [6.45, 7) is 0. The van der Waals surface area contributed by atoms with Crippen molar-refractivity contribution in [3.05, 3.63) is 0 Å². The fourth-order valence-electron chi connectivity index (χ4n) is 1.06. The van der Waals surface area contributed by atoms with Crippen LogP contribution in [0.5, 0.6) is 0 Å². The number of hydrogen-bond acceptors (Lipinski definition) is 0. The third-order valence-electron chi connectivity index (χ3n) is 1.79. The van der Waals surface area contributed by atoms with E-state index < -0.39 is 0 Å². The van der Waals surface area contributed by atoms with E-state index in [9.17, 15) is 0 Å². The highest BCUT2D eigenvalue weighted by Crippen LogP contribution is 2.55. The third-order valence-corrected chi connectivity index (χ3v) is 9.51. The normalized spacial score (nSPS) is 39.6. The Labute approximate surface area is 66.9 Å². The van der Waals surface area contributed by atoms with Gasteiger partial charge in [0.05, 0.1) is 0 Å². The standard InChI is InChI=1S/C6H13IS/c1-8(2)5-3-4-6(8)7/h6H,3-5H2,1-2H3. The zero-order chi connectivity index (χ0) is 6.20. The monoisotopic (exact) mass is 244 g/mol. The van der Waals surface area contributed by atoms with E-state index in [0.29, 0.717) is 0 Å². The van der Waals surface area contributed by atoms with Gasteiger partial charge in [-0.3, -0.25) is 0 Å². The minimum Gasteiger partial charge on any atom is -0.235 e. The zero-order valence-corrected chi connectivity index (χ0v) is 8.46. The van der Waals surface area contributed by atoms with Crippen molar-refractivity contribution in [3.63, 3.8) is 0 Å². The molecule has 1 aliphatic rings. The summed E-state index contributed by atoms with van der Waals surface area (Å²) < 4.78 is 1.01. The number of alkyl halides is 1. The molecule has 1 unspecified atom stereocenters. The van der Waals surface area contributed by atoms with Crippen molar-refractivity contribution in [1.29, 1.82) is 0 Å². The maximum atomic E-state index is 2.61. The first-order valence-electron chi connectivity index (χ1n) is 2.97. The molecule has 0 nitrogen and oxygen atoms in total. The van der Waals surface area contributed by atoms with Gasteiger partial charge in [-0.05, 0) is 31.1 Å². The Bertz CT molecular complexity index is 90.5. The van der Waals surface area contributed by atoms with Crippen molar-refractivity contribution < 1.29 is 0 Å².